The van der Waals surface area contributed by atoms with Gasteiger partial charge >= 0.3 is 0 Å². The van der Waals surface area contributed by atoms with Crippen LogP contribution in [0, 0.1) is 0 Å². The van der Waals surface area contributed by atoms with Gasteiger partial charge in [0.2, 0.25) is 0 Å². The van der Waals surface area contributed by atoms with Crippen molar-refractivity contribution in [3.05, 3.63) is 65.5 Å². The predicted octanol–water partition coefficient (Wildman–Crippen LogP) is 2.85. The maximum atomic E-state index is 12.2. The van der Waals surface area contributed by atoms with E-state index in [1.165, 1.54) is 5.06 Å². The van der Waals surface area contributed by atoms with Gasteiger partial charge in [-0.15, -0.1) is 0 Å². The zero-order valence-corrected chi connectivity index (χ0v) is 11.7. The SMILES string of the molecule is CCc1cccc(C(=O)N(C)OCc2ccccc2)n1. The van der Waals surface area contributed by atoms with Crippen molar-refractivity contribution in [2.75, 3.05) is 7.05 Å². The molecule has 4 heteroatoms. The molecule has 20 heavy (non-hydrogen) atoms. The molecule has 0 radical (unpaired) electrons. The number of nitrogens with zero attached hydrogens (tertiary/aromatic N) is 2. The van der Waals surface area contributed by atoms with Crippen LogP contribution in [0.4, 0.5) is 0 Å². The highest BCUT2D eigenvalue weighted by Gasteiger charge is 2.14. The summed E-state index contributed by atoms with van der Waals surface area (Å²) in [6.45, 7) is 2.36. The highest BCUT2D eigenvalue weighted by atomic mass is 16.7. The number of hydrogen-bond acceptors (Lipinski definition) is 3. The lowest BCUT2D eigenvalue weighted by Crippen LogP contribution is -2.27. The molecule has 0 spiro atoms. The minimum Gasteiger partial charge on any atom is -0.266 e. The lowest BCUT2D eigenvalue weighted by molar-refractivity contribution is -0.116. The summed E-state index contributed by atoms with van der Waals surface area (Å²) in [7, 11) is 1.60. The Bertz CT molecular complexity index is 570. The van der Waals surface area contributed by atoms with Crippen molar-refractivity contribution in [2.45, 2.75) is 20.0 Å². The maximum Gasteiger partial charge on any atom is 0.295 e. The summed E-state index contributed by atoms with van der Waals surface area (Å²) in [4.78, 5) is 21.9. The number of rotatable bonds is 5. The fourth-order valence-corrected chi connectivity index (χ4v) is 1.76. The van der Waals surface area contributed by atoms with Gasteiger partial charge in [-0.05, 0) is 24.1 Å². The van der Waals surface area contributed by atoms with E-state index >= 15 is 0 Å². The number of benzene rings is 1. The molecule has 0 N–H and O–H groups in total. The molecule has 0 aliphatic heterocycles. The van der Waals surface area contributed by atoms with Crippen molar-refractivity contribution in [3.8, 4) is 0 Å². The molecule has 1 amide bonds. The first kappa shape index (κ1) is 14.2. The first-order chi connectivity index (χ1) is 9.70. The van der Waals surface area contributed by atoms with Crippen LogP contribution in [0.1, 0.15) is 28.7 Å². The number of hydrogen-bond donors (Lipinski definition) is 0. The molecule has 0 bridgehead atoms. The van der Waals surface area contributed by atoms with Gasteiger partial charge in [0.25, 0.3) is 5.91 Å². The zero-order chi connectivity index (χ0) is 14.4. The second kappa shape index (κ2) is 6.82. The third-order valence-corrected chi connectivity index (χ3v) is 2.94. The number of hydroxylamine groups is 2. The lowest BCUT2D eigenvalue weighted by Gasteiger charge is -2.16. The van der Waals surface area contributed by atoms with Gasteiger partial charge < -0.3 is 0 Å². The van der Waals surface area contributed by atoms with Crippen LogP contribution in [0.25, 0.3) is 0 Å². The Balaban J connectivity index is 1.98. The average Bonchev–Trinajstić information content (AvgIpc) is 2.53. The van der Waals surface area contributed by atoms with Crippen molar-refractivity contribution in [3.63, 3.8) is 0 Å². The van der Waals surface area contributed by atoms with E-state index < -0.39 is 0 Å². The summed E-state index contributed by atoms with van der Waals surface area (Å²) in [6, 6.07) is 15.2. The van der Waals surface area contributed by atoms with Crippen LogP contribution in [0.15, 0.2) is 48.5 Å². The Kier molecular flexibility index (Phi) is 4.85. The summed E-state index contributed by atoms with van der Waals surface area (Å²) in [5.74, 6) is -0.240. The molecular weight excluding hydrogens is 252 g/mol. The number of aryl methyl sites for hydroxylation is 1. The van der Waals surface area contributed by atoms with Crippen LogP contribution in [-0.2, 0) is 17.9 Å². The van der Waals surface area contributed by atoms with Crippen molar-refractivity contribution >= 4 is 5.91 Å². The first-order valence-corrected chi connectivity index (χ1v) is 6.61. The fraction of sp³-hybridized carbons (Fsp3) is 0.250. The summed E-state index contributed by atoms with van der Waals surface area (Å²) >= 11 is 0. The minimum atomic E-state index is -0.240. The first-order valence-electron chi connectivity index (χ1n) is 6.61. The Morgan fingerprint density at radius 3 is 2.60 bits per heavy atom. The van der Waals surface area contributed by atoms with E-state index in [0.717, 1.165) is 17.7 Å². The molecule has 1 heterocycles. The average molecular weight is 270 g/mol. The number of aromatic nitrogens is 1. The van der Waals surface area contributed by atoms with Gasteiger partial charge in [0.05, 0.1) is 0 Å². The Hall–Kier alpha value is -2.20. The van der Waals surface area contributed by atoms with Crippen LogP contribution < -0.4 is 0 Å². The molecule has 0 aliphatic carbocycles. The smallest absolute Gasteiger partial charge is 0.266 e. The van der Waals surface area contributed by atoms with Crippen molar-refractivity contribution in [1.29, 1.82) is 0 Å². The molecule has 0 unspecified atom stereocenters. The summed E-state index contributed by atoms with van der Waals surface area (Å²) in [5.41, 5.74) is 2.31. The standard InChI is InChI=1S/C16H18N2O2/c1-3-14-10-7-11-15(17-14)16(19)18(2)20-12-13-8-5-4-6-9-13/h4-11H,3,12H2,1-2H3. The summed E-state index contributed by atoms with van der Waals surface area (Å²) < 4.78 is 0. The third kappa shape index (κ3) is 3.65. The van der Waals surface area contributed by atoms with Crippen LogP contribution in [0.2, 0.25) is 0 Å². The molecule has 104 valence electrons. The van der Waals surface area contributed by atoms with Crippen molar-refractivity contribution < 1.29 is 9.63 Å². The molecule has 0 saturated heterocycles. The van der Waals surface area contributed by atoms with E-state index in [1.54, 1.807) is 13.1 Å². The number of pyridine rings is 1. The second-order valence-electron chi connectivity index (χ2n) is 4.43. The second-order valence-corrected chi connectivity index (χ2v) is 4.43. The van der Waals surface area contributed by atoms with E-state index in [0.29, 0.717) is 12.3 Å². The van der Waals surface area contributed by atoms with Crippen LogP contribution in [0.5, 0.6) is 0 Å². The number of carbonyl (C=O) groups excluding carboxylic acids is 1. The third-order valence-electron chi connectivity index (χ3n) is 2.94. The number of carbonyl (C=O) groups is 1. The van der Waals surface area contributed by atoms with E-state index in [-0.39, 0.29) is 5.91 Å². The van der Waals surface area contributed by atoms with Gasteiger partial charge in [0.15, 0.2) is 0 Å². The molecule has 0 atom stereocenters. The Morgan fingerprint density at radius 1 is 1.15 bits per heavy atom. The maximum absolute atomic E-state index is 12.2. The van der Waals surface area contributed by atoms with Gasteiger partial charge in [-0.2, -0.15) is 0 Å². The Labute approximate surface area is 119 Å². The Morgan fingerprint density at radius 2 is 1.90 bits per heavy atom. The topological polar surface area (TPSA) is 42.4 Å². The largest absolute Gasteiger partial charge is 0.295 e. The molecule has 0 aliphatic rings. The normalized spacial score (nSPS) is 10.3. The molecule has 0 fully saturated rings. The molecule has 1 aromatic heterocycles. The molecular formula is C16H18N2O2. The monoisotopic (exact) mass is 270 g/mol. The quantitative estimate of drug-likeness (QED) is 0.785. The van der Waals surface area contributed by atoms with Crippen molar-refractivity contribution in [1.82, 2.24) is 10.0 Å². The van der Waals surface area contributed by atoms with Crippen LogP contribution >= 0.6 is 0 Å². The fourth-order valence-electron chi connectivity index (χ4n) is 1.76. The highest BCUT2D eigenvalue weighted by Crippen LogP contribution is 2.06. The zero-order valence-electron chi connectivity index (χ0n) is 11.7. The van der Waals surface area contributed by atoms with Gasteiger partial charge in [-0.1, -0.05) is 43.3 Å². The van der Waals surface area contributed by atoms with Gasteiger partial charge in [-0.25, -0.2) is 10.0 Å². The molecule has 1 aromatic carbocycles. The highest BCUT2D eigenvalue weighted by molar-refractivity contribution is 5.91. The van der Waals surface area contributed by atoms with Crippen LogP contribution in [0.3, 0.4) is 0 Å². The van der Waals surface area contributed by atoms with Gasteiger partial charge in [-0.3, -0.25) is 9.63 Å². The summed E-state index contributed by atoms with van der Waals surface area (Å²) in [5, 5.41) is 1.23. The van der Waals surface area contributed by atoms with E-state index in [1.807, 2.05) is 49.4 Å². The van der Waals surface area contributed by atoms with Crippen molar-refractivity contribution in [2.24, 2.45) is 0 Å². The summed E-state index contributed by atoms with van der Waals surface area (Å²) in [6.07, 6.45) is 0.801. The van der Waals surface area contributed by atoms with Gasteiger partial charge in [0, 0.05) is 12.7 Å². The minimum absolute atomic E-state index is 0.240. The molecule has 0 saturated carbocycles. The molecule has 2 rings (SSSR count). The lowest BCUT2D eigenvalue weighted by atomic mass is 10.2. The van der Waals surface area contributed by atoms with Crippen LogP contribution in [-0.4, -0.2) is 23.0 Å². The molecule has 2 aromatic rings. The predicted molar refractivity (Wildman–Crippen MR) is 76.9 cm³/mol. The number of amides is 1. The van der Waals surface area contributed by atoms with E-state index in [9.17, 15) is 4.79 Å². The van der Waals surface area contributed by atoms with E-state index in [4.69, 9.17) is 4.84 Å². The van der Waals surface area contributed by atoms with E-state index in [2.05, 4.69) is 4.98 Å². The molecule has 4 nitrogen and oxygen atoms in total. The van der Waals surface area contributed by atoms with Gasteiger partial charge in [0.1, 0.15) is 12.3 Å².